The minimum Gasteiger partial charge on any atom is -0.444 e. The highest BCUT2D eigenvalue weighted by Crippen LogP contribution is 2.19. The molecule has 0 aliphatic heterocycles. The van der Waals surface area contributed by atoms with Crippen LogP contribution in [0.25, 0.3) is 0 Å². The Hall–Kier alpha value is -1.69. The fourth-order valence-electron chi connectivity index (χ4n) is 2.85. The molecule has 1 fully saturated rings. The summed E-state index contributed by atoms with van der Waals surface area (Å²) in [6, 6.07) is 0.335. The zero-order valence-corrected chi connectivity index (χ0v) is 14.3. The first-order chi connectivity index (χ1) is 10.9. The van der Waals surface area contributed by atoms with Gasteiger partial charge in [0.15, 0.2) is 0 Å². The summed E-state index contributed by atoms with van der Waals surface area (Å²) in [4.78, 5) is 20.1. The monoisotopic (exact) mass is 320 g/mol. The molecule has 128 valence electrons. The van der Waals surface area contributed by atoms with Gasteiger partial charge in [-0.3, -0.25) is 0 Å². The number of ether oxygens (including phenoxy) is 1. The fourth-order valence-corrected chi connectivity index (χ4v) is 2.85. The van der Waals surface area contributed by atoms with Crippen LogP contribution in [0.4, 0.5) is 4.79 Å². The van der Waals surface area contributed by atoms with E-state index in [1.807, 2.05) is 33.2 Å². The summed E-state index contributed by atoms with van der Waals surface area (Å²) in [6.07, 6.45) is 10.4. The van der Waals surface area contributed by atoms with Gasteiger partial charge < -0.3 is 15.4 Å². The van der Waals surface area contributed by atoms with Gasteiger partial charge >= 0.3 is 6.09 Å². The molecule has 23 heavy (non-hydrogen) atoms. The van der Waals surface area contributed by atoms with E-state index >= 15 is 0 Å². The first-order valence-electron chi connectivity index (χ1n) is 8.41. The number of aromatic nitrogens is 2. The van der Waals surface area contributed by atoms with Gasteiger partial charge in [0.05, 0.1) is 0 Å². The quantitative estimate of drug-likeness (QED) is 0.834. The van der Waals surface area contributed by atoms with Crippen LogP contribution < -0.4 is 10.6 Å². The molecule has 2 rings (SSSR count). The van der Waals surface area contributed by atoms with Gasteiger partial charge in [0.2, 0.25) is 0 Å². The van der Waals surface area contributed by atoms with Crippen molar-refractivity contribution in [2.24, 2.45) is 0 Å². The first-order valence-corrected chi connectivity index (χ1v) is 8.41. The maximum absolute atomic E-state index is 12.1. The molecule has 0 bridgehead atoms. The third kappa shape index (κ3) is 6.52. The second-order valence-electron chi connectivity index (χ2n) is 7.12. The minimum absolute atomic E-state index is 0.0944. The SMILES string of the molecule is CC(C)(C)OC(=O)NC1CCCCCC1NCc1cncnc1. The van der Waals surface area contributed by atoms with Crippen molar-refractivity contribution in [2.45, 2.75) is 77.1 Å². The largest absolute Gasteiger partial charge is 0.444 e. The topological polar surface area (TPSA) is 76.1 Å². The van der Waals surface area contributed by atoms with Gasteiger partial charge in [0.1, 0.15) is 11.9 Å². The standard InChI is InChI=1S/C17H28N4O2/c1-17(2,3)23-16(22)21-15-8-6-4-5-7-14(15)20-11-13-9-18-12-19-10-13/h9-10,12,14-15,20H,4-8,11H2,1-3H3,(H,21,22). The van der Waals surface area contributed by atoms with Crippen LogP contribution in [0.2, 0.25) is 0 Å². The summed E-state index contributed by atoms with van der Waals surface area (Å²) < 4.78 is 5.39. The van der Waals surface area contributed by atoms with Gasteiger partial charge in [-0.1, -0.05) is 19.3 Å². The Kier molecular flexibility index (Phi) is 6.33. The van der Waals surface area contributed by atoms with Crippen LogP contribution in [0.15, 0.2) is 18.7 Å². The number of carbonyl (C=O) groups is 1. The highest BCUT2D eigenvalue weighted by molar-refractivity contribution is 5.68. The molecule has 6 nitrogen and oxygen atoms in total. The van der Waals surface area contributed by atoms with Gasteiger partial charge in [0, 0.05) is 36.6 Å². The molecule has 0 radical (unpaired) electrons. The Morgan fingerprint density at radius 3 is 2.48 bits per heavy atom. The molecular weight excluding hydrogens is 292 g/mol. The molecule has 6 heteroatoms. The maximum atomic E-state index is 12.1. The minimum atomic E-state index is -0.473. The summed E-state index contributed by atoms with van der Waals surface area (Å²) in [5.74, 6) is 0. The van der Waals surface area contributed by atoms with Gasteiger partial charge in [-0.2, -0.15) is 0 Å². The molecule has 0 spiro atoms. The van der Waals surface area contributed by atoms with Gasteiger partial charge in [-0.15, -0.1) is 0 Å². The Labute approximate surface area is 138 Å². The smallest absolute Gasteiger partial charge is 0.407 e. The lowest BCUT2D eigenvalue weighted by molar-refractivity contribution is 0.0489. The van der Waals surface area contributed by atoms with Crippen molar-refractivity contribution in [1.82, 2.24) is 20.6 Å². The molecule has 1 heterocycles. The van der Waals surface area contributed by atoms with Crippen LogP contribution in [-0.4, -0.2) is 33.7 Å². The number of alkyl carbamates (subject to hydrolysis) is 1. The van der Waals surface area contributed by atoms with Gasteiger partial charge in [-0.25, -0.2) is 14.8 Å². The number of rotatable bonds is 4. The van der Waals surface area contributed by atoms with Gasteiger partial charge in [0.25, 0.3) is 0 Å². The second-order valence-corrected chi connectivity index (χ2v) is 7.12. The molecule has 2 unspecified atom stereocenters. The van der Waals surface area contributed by atoms with Crippen molar-refractivity contribution in [1.29, 1.82) is 0 Å². The molecule has 0 aromatic carbocycles. The van der Waals surface area contributed by atoms with Gasteiger partial charge in [-0.05, 0) is 33.6 Å². The number of carbonyl (C=O) groups excluding carboxylic acids is 1. The zero-order chi connectivity index (χ0) is 16.7. The van der Waals surface area contributed by atoms with E-state index in [0.29, 0.717) is 6.54 Å². The number of nitrogens with zero attached hydrogens (tertiary/aromatic N) is 2. The first kappa shape index (κ1) is 17.7. The number of hydrogen-bond donors (Lipinski definition) is 2. The Bertz CT molecular complexity index is 487. The lowest BCUT2D eigenvalue weighted by atomic mass is 10.0. The van der Waals surface area contributed by atoms with Crippen LogP contribution in [0, 0.1) is 0 Å². The van der Waals surface area contributed by atoms with E-state index in [4.69, 9.17) is 4.74 Å². The highest BCUT2D eigenvalue weighted by Gasteiger charge is 2.27. The average molecular weight is 320 g/mol. The van der Waals surface area contributed by atoms with Crippen LogP contribution in [-0.2, 0) is 11.3 Å². The lowest BCUT2D eigenvalue weighted by Gasteiger charge is -2.29. The van der Waals surface area contributed by atoms with Crippen molar-refractivity contribution in [3.63, 3.8) is 0 Å². The lowest BCUT2D eigenvalue weighted by Crippen LogP contribution is -2.50. The molecular formula is C17H28N4O2. The van der Waals surface area contributed by atoms with E-state index in [2.05, 4.69) is 20.6 Å². The summed E-state index contributed by atoms with van der Waals surface area (Å²) >= 11 is 0. The van der Waals surface area contributed by atoms with Crippen molar-refractivity contribution >= 4 is 6.09 Å². The normalized spacial score (nSPS) is 22.2. The molecule has 1 amide bonds. The number of nitrogens with one attached hydrogen (secondary N) is 2. The van der Waals surface area contributed by atoms with Crippen molar-refractivity contribution in [3.05, 3.63) is 24.3 Å². The summed E-state index contributed by atoms with van der Waals surface area (Å²) in [6.45, 7) is 6.35. The molecule has 2 atom stereocenters. The molecule has 1 aliphatic rings. The predicted molar refractivity (Wildman–Crippen MR) is 88.9 cm³/mol. The van der Waals surface area contributed by atoms with E-state index in [1.54, 1.807) is 0 Å². The summed E-state index contributed by atoms with van der Waals surface area (Å²) in [5, 5.41) is 6.59. The van der Waals surface area contributed by atoms with E-state index in [1.165, 1.54) is 19.2 Å². The molecule has 1 aromatic heterocycles. The third-order valence-corrected chi connectivity index (χ3v) is 3.90. The van der Waals surface area contributed by atoms with Crippen LogP contribution >= 0.6 is 0 Å². The number of hydrogen-bond acceptors (Lipinski definition) is 5. The predicted octanol–water partition coefficient (Wildman–Crippen LogP) is 2.79. The molecule has 0 saturated heterocycles. The molecule has 1 saturated carbocycles. The van der Waals surface area contributed by atoms with E-state index in [-0.39, 0.29) is 18.2 Å². The van der Waals surface area contributed by atoms with Crippen LogP contribution in [0.1, 0.15) is 58.4 Å². The number of amides is 1. The highest BCUT2D eigenvalue weighted by atomic mass is 16.6. The van der Waals surface area contributed by atoms with Crippen LogP contribution in [0.5, 0.6) is 0 Å². The van der Waals surface area contributed by atoms with E-state index in [0.717, 1.165) is 24.8 Å². The van der Waals surface area contributed by atoms with E-state index in [9.17, 15) is 4.79 Å². The zero-order valence-electron chi connectivity index (χ0n) is 14.3. The fraction of sp³-hybridized carbons (Fsp3) is 0.706. The van der Waals surface area contributed by atoms with Crippen LogP contribution in [0.3, 0.4) is 0 Å². The molecule has 1 aliphatic carbocycles. The van der Waals surface area contributed by atoms with E-state index < -0.39 is 5.60 Å². The Morgan fingerprint density at radius 1 is 1.17 bits per heavy atom. The van der Waals surface area contributed by atoms with Crippen molar-refractivity contribution in [3.8, 4) is 0 Å². The van der Waals surface area contributed by atoms with Crippen molar-refractivity contribution < 1.29 is 9.53 Å². The maximum Gasteiger partial charge on any atom is 0.407 e. The Morgan fingerprint density at radius 2 is 1.83 bits per heavy atom. The molecule has 1 aromatic rings. The Balaban J connectivity index is 1.92. The summed E-state index contributed by atoms with van der Waals surface area (Å²) in [7, 11) is 0. The third-order valence-electron chi connectivity index (χ3n) is 3.90. The molecule has 2 N–H and O–H groups in total. The van der Waals surface area contributed by atoms with Crippen molar-refractivity contribution in [2.75, 3.05) is 0 Å². The average Bonchev–Trinajstić information content (AvgIpc) is 2.69. The summed E-state index contributed by atoms with van der Waals surface area (Å²) in [5.41, 5.74) is 0.576. The second kappa shape index (κ2) is 8.24.